The third kappa shape index (κ3) is 4.32. The molecule has 0 N–H and O–H groups in total. The number of halogens is 1. The van der Waals surface area contributed by atoms with E-state index in [-0.39, 0.29) is 24.0 Å². The highest BCUT2D eigenvalue weighted by Crippen LogP contribution is 2.25. The van der Waals surface area contributed by atoms with E-state index in [0.717, 1.165) is 12.1 Å². The van der Waals surface area contributed by atoms with Crippen molar-refractivity contribution in [1.29, 1.82) is 0 Å². The topological polar surface area (TPSA) is 13.1 Å². The fourth-order valence-corrected chi connectivity index (χ4v) is 3.47. The number of hydrogen-bond donors (Lipinski definition) is 0. The van der Waals surface area contributed by atoms with Crippen LogP contribution in [0.4, 0.5) is 0 Å². The van der Waals surface area contributed by atoms with E-state index >= 15 is 0 Å². The number of rotatable bonds is 5. The van der Waals surface area contributed by atoms with E-state index in [1.165, 1.54) is 26.4 Å². The number of nitrogens with zero attached hydrogens (tertiary/aromatic N) is 1. The number of thiazole rings is 1. The first-order valence-corrected chi connectivity index (χ1v) is 8.28. The summed E-state index contributed by atoms with van der Waals surface area (Å²) in [5, 5.41) is 1.28. The Bertz CT molecular complexity index is 701. The third-order valence-corrected chi connectivity index (χ3v) is 4.70. The van der Waals surface area contributed by atoms with E-state index < -0.39 is 0 Å². The summed E-state index contributed by atoms with van der Waals surface area (Å²) in [6, 6.07) is 4.59. The summed E-state index contributed by atoms with van der Waals surface area (Å²) in [5.74, 6) is 0. The first-order valence-electron chi connectivity index (χ1n) is 7.46. The van der Waals surface area contributed by atoms with Gasteiger partial charge in [0, 0.05) is 12.1 Å². The van der Waals surface area contributed by atoms with Crippen LogP contribution < -0.4 is 28.5 Å². The van der Waals surface area contributed by atoms with Gasteiger partial charge in [0.1, 0.15) is 11.2 Å². The molecule has 0 unspecified atom stereocenters. The minimum absolute atomic E-state index is 0. The van der Waals surface area contributed by atoms with Gasteiger partial charge in [0.2, 0.25) is 5.52 Å². The van der Waals surface area contributed by atoms with Crippen molar-refractivity contribution in [3.8, 4) is 0 Å². The molecule has 22 heavy (non-hydrogen) atoms. The van der Waals surface area contributed by atoms with Gasteiger partial charge in [0.15, 0.2) is 0 Å². The number of hydrogen-bond acceptors (Lipinski definition) is 2. The van der Waals surface area contributed by atoms with E-state index in [1.807, 2.05) is 24.5 Å². The maximum Gasteiger partial charge on any atom is 0.262 e. The van der Waals surface area contributed by atoms with Gasteiger partial charge in [-0.2, -0.15) is 4.57 Å². The van der Waals surface area contributed by atoms with Crippen molar-refractivity contribution in [3.63, 3.8) is 0 Å². The average molecular weight is 429 g/mol. The van der Waals surface area contributed by atoms with Crippen LogP contribution in [0.3, 0.4) is 0 Å². The summed E-state index contributed by atoms with van der Waals surface area (Å²) >= 11 is 1.85. The number of ether oxygens (including phenoxy) is 1. The SMILES string of the molecule is CCO/C=C(C)/C=C/c1sc2cc(C)c(C)cc2[n+]1CC.[I-]. The van der Waals surface area contributed by atoms with Gasteiger partial charge in [-0.3, -0.25) is 0 Å². The van der Waals surface area contributed by atoms with Crippen molar-refractivity contribution < 1.29 is 33.3 Å². The predicted octanol–water partition coefficient (Wildman–Crippen LogP) is 1.78. The molecule has 0 fully saturated rings. The molecular weight excluding hydrogens is 405 g/mol. The molecule has 0 spiro atoms. The van der Waals surface area contributed by atoms with Gasteiger partial charge in [-0.1, -0.05) is 11.3 Å². The molecular formula is C18H24INOS. The molecule has 0 radical (unpaired) electrons. The maximum atomic E-state index is 5.31. The van der Waals surface area contributed by atoms with E-state index in [1.54, 1.807) is 0 Å². The predicted molar refractivity (Wildman–Crippen MR) is 91.6 cm³/mol. The molecule has 0 atom stereocenters. The average Bonchev–Trinajstić information content (AvgIpc) is 2.80. The van der Waals surface area contributed by atoms with E-state index in [9.17, 15) is 0 Å². The highest BCUT2D eigenvalue weighted by Gasteiger charge is 2.17. The second kappa shape index (κ2) is 8.67. The third-order valence-electron chi connectivity index (χ3n) is 3.59. The number of aromatic nitrogens is 1. The van der Waals surface area contributed by atoms with E-state index in [4.69, 9.17) is 4.74 Å². The summed E-state index contributed by atoms with van der Waals surface area (Å²) in [6.07, 6.45) is 6.12. The van der Waals surface area contributed by atoms with Crippen LogP contribution >= 0.6 is 11.3 Å². The second-order valence-corrected chi connectivity index (χ2v) is 6.30. The fraction of sp³-hybridized carbons (Fsp3) is 0.389. The highest BCUT2D eigenvalue weighted by atomic mass is 127. The minimum Gasteiger partial charge on any atom is -1.00 e. The zero-order valence-corrected chi connectivity index (χ0v) is 16.9. The number of allylic oxidation sites excluding steroid dienone is 2. The Hall–Kier alpha value is -0.880. The molecule has 2 aromatic rings. The first-order chi connectivity index (χ1) is 10.1. The van der Waals surface area contributed by atoms with Crippen LogP contribution in [0.25, 0.3) is 16.3 Å². The molecule has 2 rings (SSSR count). The van der Waals surface area contributed by atoms with Gasteiger partial charge >= 0.3 is 0 Å². The Morgan fingerprint density at radius 3 is 2.55 bits per heavy atom. The van der Waals surface area contributed by atoms with E-state index in [0.29, 0.717) is 6.61 Å². The molecule has 2 nitrogen and oxygen atoms in total. The van der Waals surface area contributed by atoms with Crippen LogP contribution in [-0.2, 0) is 11.3 Å². The molecule has 0 amide bonds. The fourth-order valence-electron chi connectivity index (χ4n) is 2.26. The van der Waals surface area contributed by atoms with Crippen LogP contribution in [-0.4, -0.2) is 6.61 Å². The smallest absolute Gasteiger partial charge is 0.262 e. The van der Waals surface area contributed by atoms with Crippen molar-refractivity contribution in [2.75, 3.05) is 6.61 Å². The maximum absolute atomic E-state index is 5.31. The molecule has 1 heterocycles. The monoisotopic (exact) mass is 429 g/mol. The van der Waals surface area contributed by atoms with Crippen LogP contribution in [0.15, 0.2) is 30.0 Å². The molecule has 0 bridgehead atoms. The van der Waals surface area contributed by atoms with Crippen LogP contribution in [0.1, 0.15) is 36.9 Å². The molecule has 1 aromatic carbocycles. The molecule has 4 heteroatoms. The zero-order chi connectivity index (χ0) is 15.4. The van der Waals surface area contributed by atoms with Crippen LogP contribution in [0, 0.1) is 13.8 Å². The molecule has 0 aliphatic carbocycles. The van der Waals surface area contributed by atoms with E-state index in [2.05, 4.69) is 56.5 Å². The Labute approximate surface area is 154 Å². The quantitative estimate of drug-likeness (QED) is 0.306. The Kier molecular flexibility index (Phi) is 7.56. The number of benzene rings is 1. The Morgan fingerprint density at radius 1 is 1.23 bits per heavy atom. The van der Waals surface area contributed by atoms with Crippen molar-refractivity contribution in [2.45, 2.75) is 41.2 Å². The van der Waals surface area contributed by atoms with Crippen molar-refractivity contribution in [2.24, 2.45) is 0 Å². The van der Waals surface area contributed by atoms with Gasteiger partial charge in [-0.25, -0.2) is 0 Å². The molecule has 0 saturated heterocycles. The van der Waals surface area contributed by atoms with Gasteiger partial charge in [0.25, 0.3) is 5.01 Å². The van der Waals surface area contributed by atoms with Crippen LogP contribution in [0.5, 0.6) is 0 Å². The number of aryl methyl sites for hydroxylation is 3. The summed E-state index contributed by atoms with van der Waals surface area (Å²) in [4.78, 5) is 0. The highest BCUT2D eigenvalue weighted by molar-refractivity contribution is 7.18. The lowest BCUT2D eigenvalue weighted by Crippen LogP contribution is -3.00. The standard InChI is InChI=1S/C18H24NOS.HI/c1-6-19-16-10-14(4)15(5)11-17(16)21-18(19)9-8-13(3)12-20-7-2;/h8-12H,6-7H2,1-5H3;1H/q+1;/p-1/b9-8+,13-12+;. The lowest BCUT2D eigenvalue weighted by Gasteiger charge is -1.97. The molecule has 0 aliphatic heterocycles. The Morgan fingerprint density at radius 2 is 1.91 bits per heavy atom. The lowest BCUT2D eigenvalue weighted by atomic mass is 10.1. The van der Waals surface area contributed by atoms with Gasteiger partial charge in [0.05, 0.1) is 12.9 Å². The summed E-state index contributed by atoms with van der Waals surface area (Å²) in [6.45, 7) is 12.3. The van der Waals surface area contributed by atoms with Crippen LogP contribution in [0.2, 0.25) is 0 Å². The lowest BCUT2D eigenvalue weighted by molar-refractivity contribution is -0.665. The summed E-state index contributed by atoms with van der Waals surface area (Å²) in [5.41, 5.74) is 5.17. The van der Waals surface area contributed by atoms with Gasteiger partial charge < -0.3 is 28.7 Å². The van der Waals surface area contributed by atoms with Crippen molar-refractivity contribution in [1.82, 2.24) is 0 Å². The Balaban J connectivity index is 0.00000242. The normalized spacial score (nSPS) is 12.0. The molecule has 120 valence electrons. The molecule has 0 aliphatic rings. The molecule has 0 saturated carbocycles. The zero-order valence-electron chi connectivity index (χ0n) is 13.9. The van der Waals surface area contributed by atoms with Crippen molar-refractivity contribution in [3.05, 3.63) is 46.2 Å². The molecule has 1 aromatic heterocycles. The van der Waals surface area contributed by atoms with Gasteiger partial charge in [-0.15, -0.1) is 0 Å². The summed E-state index contributed by atoms with van der Waals surface area (Å²) in [7, 11) is 0. The van der Waals surface area contributed by atoms with Gasteiger partial charge in [-0.05, 0) is 63.5 Å². The minimum atomic E-state index is 0. The number of fused-ring (bicyclic) bond motifs is 1. The summed E-state index contributed by atoms with van der Waals surface area (Å²) < 4.78 is 9.04. The second-order valence-electron chi connectivity index (χ2n) is 5.24. The van der Waals surface area contributed by atoms with Crippen molar-refractivity contribution >= 4 is 27.6 Å². The first kappa shape index (κ1) is 19.2. The largest absolute Gasteiger partial charge is 1.00 e.